The number of carboxylic acids is 1. The summed E-state index contributed by atoms with van der Waals surface area (Å²) in [4.78, 5) is 48.0. The van der Waals surface area contributed by atoms with E-state index in [-0.39, 0.29) is 43.0 Å². The van der Waals surface area contributed by atoms with Crippen molar-refractivity contribution in [3.8, 4) is 0 Å². The van der Waals surface area contributed by atoms with Gasteiger partial charge in [0.1, 0.15) is 0 Å². The molecule has 2 unspecified atom stereocenters. The lowest BCUT2D eigenvalue weighted by molar-refractivity contribution is -0.137. The fourth-order valence-corrected chi connectivity index (χ4v) is 3.63. The first-order valence-corrected chi connectivity index (χ1v) is 10.4. The van der Waals surface area contributed by atoms with Crippen LogP contribution in [0.5, 0.6) is 0 Å². The van der Waals surface area contributed by atoms with Gasteiger partial charge < -0.3 is 10.2 Å². The molecule has 1 aromatic heterocycles. The third kappa shape index (κ3) is 5.00. The molecule has 1 aromatic carbocycles. The van der Waals surface area contributed by atoms with Crippen molar-refractivity contribution in [3.05, 3.63) is 98.1 Å². The van der Waals surface area contributed by atoms with E-state index in [4.69, 9.17) is 5.11 Å². The Kier molecular flexibility index (Phi) is 6.07. The highest BCUT2D eigenvalue weighted by molar-refractivity contribution is 5.87. The lowest BCUT2D eigenvalue weighted by atomic mass is 9.92. The molecule has 10 heteroatoms. The first kappa shape index (κ1) is 22.0. The first-order valence-electron chi connectivity index (χ1n) is 10.4. The summed E-state index contributed by atoms with van der Waals surface area (Å²) in [5.41, 5.74) is 1.08. The number of rotatable bonds is 6. The van der Waals surface area contributed by atoms with Crippen LogP contribution in [0, 0.1) is 12.8 Å². The number of fused-ring (bicyclic) bond motifs is 1. The molecule has 170 valence electrons. The van der Waals surface area contributed by atoms with E-state index in [0.717, 1.165) is 15.7 Å². The number of benzene rings is 1. The van der Waals surface area contributed by atoms with Crippen LogP contribution in [0.3, 0.4) is 0 Å². The first-order chi connectivity index (χ1) is 15.8. The Morgan fingerprint density at radius 3 is 2.64 bits per heavy atom. The number of carbonyl (C=O) groups is 1. The molecule has 0 fully saturated rings. The highest BCUT2D eigenvalue weighted by Crippen LogP contribution is 2.24. The van der Waals surface area contributed by atoms with Gasteiger partial charge in [0.25, 0.3) is 0 Å². The van der Waals surface area contributed by atoms with Gasteiger partial charge in [0.2, 0.25) is 11.5 Å². The molecule has 2 aliphatic rings. The van der Waals surface area contributed by atoms with Crippen LogP contribution >= 0.6 is 0 Å². The minimum absolute atomic E-state index is 0.0417. The second-order valence-corrected chi connectivity index (χ2v) is 7.88. The minimum atomic E-state index is -1.11. The number of aliphatic carboxylic acids is 1. The van der Waals surface area contributed by atoms with Gasteiger partial charge in [-0.05, 0) is 30.7 Å². The summed E-state index contributed by atoms with van der Waals surface area (Å²) < 4.78 is 2.18. The Bertz CT molecular complexity index is 1390. The van der Waals surface area contributed by atoms with Gasteiger partial charge in [-0.25, -0.2) is 24.1 Å². The average molecular weight is 449 g/mol. The van der Waals surface area contributed by atoms with E-state index in [1.807, 2.05) is 37.3 Å². The van der Waals surface area contributed by atoms with Crippen LogP contribution in [0.2, 0.25) is 0 Å². The molecule has 2 atom stereocenters. The molecule has 10 nitrogen and oxygen atoms in total. The molecule has 33 heavy (non-hydrogen) atoms. The van der Waals surface area contributed by atoms with Gasteiger partial charge in [-0.1, -0.05) is 42.0 Å². The van der Waals surface area contributed by atoms with Crippen molar-refractivity contribution in [1.82, 2.24) is 14.1 Å². The Hall–Kier alpha value is -4.21. The third-order valence-corrected chi connectivity index (χ3v) is 5.40. The molecule has 0 radical (unpaired) electrons. The maximum Gasteiger partial charge on any atom is 0.335 e. The lowest BCUT2D eigenvalue weighted by Crippen LogP contribution is -2.50. The minimum Gasteiger partial charge on any atom is -0.494 e. The van der Waals surface area contributed by atoms with E-state index in [1.165, 1.54) is 10.6 Å². The zero-order chi connectivity index (χ0) is 23.5. The number of aliphatic imine (C=N–C) groups is 1. The lowest BCUT2D eigenvalue weighted by Gasteiger charge is -2.21. The number of aromatic nitrogens is 3. The molecule has 2 aromatic rings. The molecular formula is C23H23N5O5. The Morgan fingerprint density at radius 2 is 1.91 bits per heavy atom. The molecule has 0 spiro atoms. The normalized spacial score (nSPS) is 19.7. The number of hydrogen-bond donors (Lipinski definition) is 3. The van der Waals surface area contributed by atoms with Crippen LogP contribution in [0.4, 0.5) is 0 Å². The highest BCUT2D eigenvalue weighted by Gasteiger charge is 2.21. The van der Waals surface area contributed by atoms with Crippen molar-refractivity contribution in [2.45, 2.75) is 32.5 Å². The van der Waals surface area contributed by atoms with Crippen LogP contribution in [0.25, 0.3) is 0 Å². The molecule has 0 bridgehead atoms. The summed E-state index contributed by atoms with van der Waals surface area (Å²) in [6, 6.07) is 7.34. The summed E-state index contributed by atoms with van der Waals surface area (Å²) in [6.07, 6.45) is 8.29. The maximum absolute atomic E-state index is 13.2. The zero-order valence-electron chi connectivity index (χ0n) is 17.9. The van der Waals surface area contributed by atoms with E-state index in [2.05, 4.69) is 15.0 Å². The van der Waals surface area contributed by atoms with Gasteiger partial charge in [0.15, 0.2) is 0 Å². The number of aliphatic hydroxyl groups excluding tert-OH is 1. The predicted molar refractivity (Wildman–Crippen MR) is 121 cm³/mol. The van der Waals surface area contributed by atoms with Crippen molar-refractivity contribution in [2.75, 3.05) is 0 Å². The molecule has 2 heterocycles. The van der Waals surface area contributed by atoms with Gasteiger partial charge in [-0.2, -0.15) is 0 Å². The van der Waals surface area contributed by atoms with E-state index >= 15 is 0 Å². The van der Waals surface area contributed by atoms with Gasteiger partial charge >= 0.3 is 17.3 Å². The third-order valence-electron chi connectivity index (χ3n) is 5.40. The van der Waals surface area contributed by atoms with Gasteiger partial charge in [0.05, 0.1) is 24.7 Å². The van der Waals surface area contributed by atoms with Crippen LogP contribution in [-0.4, -0.2) is 42.2 Å². The quantitative estimate of drug-likeness (QED) is 0.604. The molecule has 4 rings (SSSR count). The number of H-pyrrole nitrogens is 1. The molecule has 0 saturated heterocycles. The van der Waals surface area contributed by atoms with Crippen molar-refractivity contribution in [1.29, 1.82) is 0 Å². The van der Waals surface area contributed by atoms with Crippen LogP contribution in [0.15, 0.2) is 79.9 Å². The smallest absolute Gasteiger partial charge is 0.335 e. The van der Waals surface area contributed by atoms with Crippen molar-refractivity contribution < 1.29 is 15.0 Å². The maximum atomic E-state index is 13.2. The van der Waals surface area contributed by atoms with E-state index in [0.29, 0.717) is 5.70 Å². The Labute approximate surface area is 187 Å². The van der Waals surface area contributed by atoms with Crippen molar-refractivity contribution >= 4 is 11.9 Å². The fraction of sp³-hybridized carbons (Fsp3) is 0.261. The Balaban J connectivity index is 1.79. The zero-order valence-corrected chi connectivity index (χ0v) is 17.9. The van der Waals surface area contributed by atoms with Crippen molar-refractivity contribution in [3.63, 3.8) is 0 Å². The number of dihydropyridines is 1. The summed E-state index contributed by atoms with van der Waals surface area (Å²) in [5.74, 6) is -1.26. The number of aliphatic hydroxyl groups is 1. The summed E-state index contributed by atoms with van der Waals surface area (Å²) in [5, 5.41) is 18.5. The predicted octanol–water partition coefficient (Wildman–Crippen LogP) is 1.04. The van der Waals surface area contributed by atoms with Crippen LogP contribution in [-0.2, 0) is 17.9 Å². The van der Waals surface area contributed by atoms with E-state index in [9.17, 15) is 19.5 Å². The van der Waals surface area contributed by atoms with E-state index in [1.54, 1.807) is 18.2 Å². The number of hydrogen-bond acceptors (Lipinski definition) is 5. The number of nitrogens with zero attached hydrogens (tertiary/aromatic N) is 4. The monoisotopic (exact) mass is 449 g/mol. The van der Waals surface area contributed by atoms with Gasteiger partial charge in [-0.3, -0.25) is 14.3 Å². The standard InChI is InChI=1S/C23H23N5O5/c1-14-2-4-15(5-3-14)13-28-21(26-22(32)27(23(28)33)11-10-20(30)31)24-17-7-8-18-16(12-17)6-9-19(29)25-18/h2-9,12,16,18H,10-11,13H2,1H3,(H,25,29)(H,30,31)(H,24,26,32). The second kappa shape index (κ2) is 9.11. The number of aromatic amines is 1. The summed E-state index contributed by atoms with van der Waals surface area (Å²) in [6.45, 7) is 1.84. The molecule has 3 N–H and O–H groups in total. The molecular weight excluding hydrogens is 426 g/mol. The number of nitrogens with one attached hydrogen (secondary N) is 1. The largest absolute Gasteiger partial charge is 0.494 e. The number of aryl methyl sites for hydroxylation is 1. The number of allylic oxidation sites excluding steroid dienone is 1. The van der Waals surface area contributed by atoms with Gasteiger partial charge in [-0.15, -0.1) is 0 Å². The average Bonchev–Trinajstić information content (AvgIpc) is 2.77. The van der Waals surface area contributed by atoms with Crippen LogP contribution < -0.4 is 17.0 Å². The molecule has 1 aliphatic heterocycles. The molecule has 0 saturated carbocycles. The second-order valence-electron chi connectivity index (χ2n) is 7.88. The molecule has 1 aliphatic carbocycles. The summed E-state index contributed by atoms with van der Waals surface area (Å²) in [7, 11) is 0. The number of carboxylic acid groups (broad SMARTS) is 1. The van der Waals surface area contributed by atoms with Gasteiger partial charge in [0, 0.05) is 12.5 Å². The van der Waals surface area contributed by atoms with Crippen LogP contribution in [0.1, 0.15) is 17.5 Å². The molecule has 0 amide bonds. The highest BCUT2D eigenvalue weighted by atomic mass is 16.4. The van der Waals surface area contributed by atoms with E-state index < -0.39 is 17.3 Å². The Morgan fingerprint density at radius 1 is 1.15 bits per heavy atom. The topological polar surface area (TPSA) is 142 Å². The van der Waals surface area contributed by atoms with Crippen molar-refractivity contribution in [2.24, 2.45) is 15.9 Å². The fourth-order valence-electron chi connectivity index (χ4n) is 3.63. The SMILES string of the molecule is Cc1ccc(Cn2c(=O)n(CCC(=O)O)c(=O)[nH]/c2=N\C2=CC3C=CC(O)=NC3C=C2)cc1. The summed E-state index contributed by atoms with van der Waals surface area (Å²) >= 11 is 0.